The quantitative estimate of drug-likeness (QED) is 0.0163. The van der Waals surface area contributed by atoms with Crippen LogP contribution in [0.3, 0.4) is 0 Å². The minimum Gasteiger partial charge on any atom is -0.411 e. The second-order valence-corrected chi connectivity index (χ2v) is 81.8. The highest BCUT2D eigenvalue weighted by Gasteiger charge is 2.72. The average Bonchev–Trinajstić information content (AvgIpc) is 0.740. The zero-order chi connectivity index (χ0) is 78.8. The van der Waals surface area contributed by atoms with Crippen LogP contribution in [0.2, 0.25) is 154 Å². The first-order valence-corrected chi connectivity index (χ1v) is 74.2. The van der Waals surface area contributed by atoms with Crippen molar-refractivity contribution < 1.29 is 117 Å². The van der Waals surface area contributed by atoms with E-state index >= 15 is 0 Å². The number of hydrogen-bond donors (Lipinski definition) is 6. The Morgan fingerprint density at radius 3 is 0.971 bits per heavy atom. The molecule has 0 aromatic heterocycles. The van der Waals surface area contributed by atoms with Crippen LogP contribution in [0.4, 0.5) is 4.79 Å². The largest absolute Gasteiger partial charge is 0.500 e. The molecular weight excluding hydrogens is 1600 g/mol. The number of amides is 2. The topological polar surface area (TPSA) is 401 Å². The molecule has 0 aromatic rings. The lowest BCUT2D eigenvalue weighted by molar-refractivity contribution is 0.0643. The number of unbranched alkanes of at least 4 members (excludes halogenated alkanes) is 2. The fourth-order valence-corrected chi connectivity index (χ4v) is 87.8. The molecule has 0 spiro atoms. The van der Waals surface area contributed by atoms with Gasteiger partial charge < -0.3 is 114 Å². The molecule has 6 rings (SSSR count). The van der Waals surface area contributed by atoms with Crippen molar-refractivity contribution >= 4 is 163 Å². The lowest BCUT2D eigenvalue weighted by Gasteiger charge is -2.57. The number of nitrogens with one attached hydrogen (secondary N) is 2. The van der Waals surface area contributed by atoms with E-state index in [1.807, 2.05) is 133 Å². The Balaban J connectivity index is 0.000000637. The summed E-state index contributed by atoms with van der Waals surface area (Å²) in [6.45, 7) is 58.5. The van der Waals surface area contributed by atoms with Crippen LogP contribution in [0.1, 0.15) is 107 Å². The van der Waals surface area contributed by atoms with E-state index in [9.17, 15) is 33.6 Å². The van der Waals surface area contributed by atoms with Gasteiger partial charge in [-0.2, -0.15) is 0 Å². The van der Waals surface area contributed by atoms with Crippen molar-refractivity contribution in [3.63, 3.8) is 0 Å². The maximum absolute atomic E-state index is 11.8. The number of isocyanates is 3. The third kappa shape index (κ3) is 37.3. The molecule has 6 saturated heterocycles. The maximum atomic E-state index is 11.8. The third-order valence-corrected chi connectivity index (χ3v) is 76.1. The van der Waals surface area contributed by atoms with Crippen molar-refractivity contribution in [3.8, 4) is 0 Å². The highest BCUT2D eigenvalue weighted by molar-refractivity contribution is 7.00. The van der Waals surface area contributed by atoms with Crippen LogP contribution in [0.25, 0.3) is 0 Å². The summed E-state index contributed by atoms with van der Waals surface area (Å²) in [5.74, 6) is 0. The molecule has 6 fully saturated rings. The molecule has 102 heavy (non-hydrogen) atoms. The van der Waals surface area contributed by atoms with Crippen molar-refractivity contribution in [1.29, 1.82) is 0 Å². The van der Waals surface area contributed by atoms with Crippen molar-refractivity contribution in [2.24, 2.45) is 20.7 Å². The predicted octanol–water partition coefficient (Wildman–Crippen LogP) is 9.61. The SMILES string of the molecule is CC(CCN=C=O)[Si]12O[Si](C)(C)O[Si](C)(O[Si](C)(C)O1)O2.CC(CCN=C=O)[Si]12O[Si](C)(C)O[Si](C)(O[Si](C)(C)O1)O2.CCCCN.CCCCNC(=O)NCCC(C)[Si]12O[Si](C)(C)O[Si](C)(O[Si](C)(C)O1)O2.CCO[Si](CCCN=C=O)(OCC)OCC.C[Si](C)(O)O[Si](C)(O)O[Si](C)(C)O. The lowest BCUT2D eigenvalue weighted by atomic mass is 10.3. The lowest BCUT2D eigenvalue weighted by Crippen LogP contribution is -2.78. The summed E-state index contributed by atoms with van der Waals surface area (Å²) in [4.78, 5) is 81.4. The molecule has 0 aromatic carbocycles. The number of carbonyl (C=O) groups is 1. The van der Waals surface area contributed by atoms with E-state index in [0.717, 1.165) is 32.2 Å². The number of aliphatic imine (C=N–C) groups is 3. The molecule has 0 saturated carbocycles. The highest BCUT2D eigenvalue weighted by Crippen LogP contribution is 2.49. The number of nitrogens with zero attached hydrogens (tertiary/aromatic N) is 3. The van der Waals surface area contributed by atoms with Crippen molar-refractivity contribution in [3.05, 3.63) is 0 Å². The molecule has 3 unspecified atom stereocenters. The number of nitrogens with two attached hydrogens (primary N) is 1. The van der Waals surface area contributed by atoms with Crippen molar-refractivity contribution in [1.82, 2.24) is 10.6 Å². The van der Waals surface area contributed by atoms with Crippen LogP contribution in [0, 0.1) is 0 Å². The Morgan fingerprint density at radius 2 is 0.716 bits per heavy atom. The van der Waals surface area contributed by atoms with Gasteiger partial charge in [0, 0.05) is 81.8 Å². The van der Waals surface area contributed by atoms with Crippen molar-refractivity contribution in [2.45, 2.75) is 260 Å². The van der Waals surface area contributed by atoms with E-state index in [1.54, 1.807) is 12.2 Å². The van der Waals surface area contributed by atoms with E-state index in [4.69, 9.17) is 89.0 Å². The normalized spacial score (nSPS) is 28.4. The molecule has 598 valence electrons. The Morgan fingerprint density at radius 1 is 0.431 bits per heavy atom. The molecule has 2 amide bonds. The molecule has 33 nitrogen and oxygen atoms in total. The van der Waals surface area contributed by atoms with Gasteiger partial charge in [-0.3, -0.25) is 0 Å². The van der Waals surface area contributed by atoms with Gasteiger partial charge >= 0.3 is 145 Å². The summed E-state index contributed by atoms with van der Waals surface area (Å²) < 4.78 is 120. The highest BCUT2D eigenvalue weighted by atomic mass is 28.6. The zero-order valence-electron chi connectivity index (χ0n) is 66.5. The minimum absolute atomic E-state index is 0.0489. The molecule has 7 N–H and O–H groups in total. The van der Waals surface area contributed by atoms with Gasteiger partial charge in [-0.05, 0) is 171 Å². The molecular formula is C53H130N6O27Si16. The van der Waals surface area contributed by atoms with Crippen LogP contribution < -0.4 is 16.4 Å². The fraction of sp³-hybridized carbons (Fsp3) is 0.925. The first kappa shape index (κ1) is 99.9. The Labute approximate surface area is 626 Å². The fourth-order valence-electron chi connectivity index (χ4n) is 11.5. The molecule has 0 aliphatic carbocycles. The van der Waals surface area contributed by atoms with Gasteiger partial charge in [-0.25, -0.2) is 34.2 Å². The van der Waals surface area contributed by atoms with E-state index in [1.165, 1.54) is 51.7 Å². The van der Waals surface area contributed by atoms with Gasteiger partial charge in [0.05, 0.1) is 19.6 Å². The van der Waals surface area contributed by atoms with Gasteiger partial charge in [0.15, 0.2) is 0 Å². The summed E-state index contributed by atoms with van der Waals surface area (Å²) >= 11 is 0. The van der Waals surface area contributed by atoms with Gasteiger partial charge in [0.2, 0.25) is 18.2 Å². The Bertz CT molecular complexity index is 2480. The van der Waals surface area contributed by atoms with Crippen molar-refractivity contribution in [2.75, 3.05) is 59.1 Å². The van der Waals surface area contributed by atoms with Gasteiger partial charge in [-0.15, -0.1) is 0 Å². The number of rotatable bonds is 31. The molecule has 6 heterocycles. The second kappa shape index (κ2) is 42.5. The molecule has 49 heteroatoms. The van der Waals surface area contributed by atoms with Gasteiger partial charge in [-0.1, -0.05) is 47.5 Å². The van der Waals surface area contributed by atoms with Crippen LogP contribution in [-0.4, -0.2) is 237 Å². The van der Waals surface area contributed by atoms with E-state index in [0.29, 0.717) is 71.4 Å². The predicted molar refractivity (Wildman–Crippen MR) is 420 cm³/mol. The zero-order valence-corrected chi connectivity index (χ0v) is 82.5. The number of urea groups is 1. The smallest absolute Gasteiger partial charge is 0.411 e. The monoisotopic (exact) mass is 1730 g/mol. The molecule has 6 bridgehead atoms. The summed E-state index contributed by atoms with van der Waals surface area (Å²) in [5, 5.41) is 5.77. The summed E-state index contributed by atoms with van der Waals surface area (Å²) in [7, 11) is -42.4. The summed E-state index contributed by atoms with van der Waals surface area (Å²) in [6, 6.07) is 0.559. The first-order chi connectivity index (χ1) is 46.5. The van der Waals surface area contributed by atoms with E-state index < -0.39 is 139 Å². The van der Waals surface area contributed by atoms with Crippen LogP contribution in [-0.2, 0) is 97.6 Å². The van der Waals surface area contributed by atoms with E-state index in [2.05, 4.69) is 46.4 Å². The van der Waals surface area contributed by atoms with Crippen LogP contribution >= 0.6 is 0 Å². The third-order valence-electron chi connectivity index (χ3n) is 14.2. The number of carbonyl (C=O) groups excluding carboxylic acids is 4. The van der Waals surface area contributed by atoms with Gasteiger partial charge in [0.25, 0.3) is 0 Å². The van der Waals surface area contributed by atoms with E-state index in [-0.39, 0.29) is 22.7 Å². The molecule has 6 aliphatic rings. The summed E-state index contributed by atoms with van der Waals surface area (Å²) in [5.41, 5.74) is 5.30. The Hall–Kier alpha value is -0.0799. The summed E-state index contributed by atoms with van der Waals surface area (Å²) in [6.07, 6.45) is 11.9. The first-order valence-electron chi connectivity index (χ1n) is 35.4. The Kier molecular flexibility index (Phi) is 41.7. The molecule has 3 atom stereocenters. The molecule has 0 radical (unpaired) electrons. The maximum Gasteiger partial charge on any atom is 0.500 e. The minimum atomic E-state index is -3.35. The average molecular weight is 1730 g/mol. The molecule has 6 aliphatic heterocycles. The number of hydrogen-bond acceptors (Lipinski definition) is 31. The standard InChI is InChI=1S/C14H34N2O6Si4.2C10H23NO6Si4.C10H21NO4Si.C5H18O5Si3.C4H11N/c1-8-9-11-15-14(17)16-12-10-13(2)26-20-23(3,4)18-25(7,22-26)19-24(5,6)21-26;2*1-10(7-8-11-9-12)21-15-18(2,3)13-20(6,17-21)14-19(4,5)16-21;1-4-13-16(14-5-2,15-6-3)9-7-8-11-10-12;1-11(2,6)9-13(5,8)10-12(3,4)7;1-2-3-4-5/h13H,8-12H2,1-7H3,(H2,15,16,17);2*10H,7-8H2,1-6H3;4-9H2,1-3H3;6-8H,1-5H3;2-5H2,1H3. The van der Waals surface area contributed by atoms with Crippen LogP contribution in [0.15, 0.2) is 15.0 Å². The number of fused-ring (bicyclic) bond motifs is 6. The van der Waals surface area contributed by atoms with Crippen LogP contribution in [0.5, 0.6) is 0 Å². The van der Waals surface area contributed by atoms with Gasteiger partial charge in [0.1, 0.15) is 0 Å². The second-order valence-electron chi connectivity index (χ2n) is 29.1.